The Morgan fingerprint density at radius 2 is 2.21 bits per heavy atom. The van der Waals surface area contributed by atoms with Crippen molar-refractivity contribution in [2.75, 3.05) is 18.5 Å². The molecule has 0 aliphatic rings. The first-order valence-corrected chi connectivity index (χ1v) is 6.86. The van der Waals surface area contributed by atoms with Crippen LogP contribution in [-0.4, -0.2) is 29.3 Å². The minimum Gasteiger partial charge on any atom is -0.478 e. The van der Waals surface area contributed by atoms with Crippen molar-refractivity contribution in [3.63, 3.8) is 0 Å². The maximum atomic E-state index is 13.9. The molecular formula is C13H17BrFNO3. The van der Waals surface area contributed by atoms with Crippen LogP contribution in [0.2, 0.25) is 0 Å². The molecule has 0 saturated heterocycles. The molecule has 1 aromatic carbocycles. The smallest absolute Gasteiger partial charge is 0.336 e. The zero-order valence-corrected chi connectivity index (χ0v) is 12.2. The van der Waals surface area contributed by atoms with Crippen molar-refractivity contribution in [3.05, 3.63) is 28.0 Å². The van der Waals surface area contributed by atoms with E-state index in [0.717, 1.165) is 6.42 Å². The van der Waals surface area contributed by atoms with Gasteiger partial charge in [-0.3, -0.25) is 0 Å². The number of anilines is 1. The summed E-state index contributed by atoms with van der Waals surface area (Å²) in [5.41, 5.74) is 0.152. The third-order valence-corrected chi connectivity index (χ3v) is 3.78. The van der Waals surface area contributed by atoms with E-state index in [2.05, 4.69) is 21.2 Å². The Kier molecular flexibility index (Phi) is 6.24. The molecule has 0 radical (unpaired) electrons. The molecule has 106 valence electrons. The minimum absolute atomic E-state index is 0.0554. The normalized spacial score (nSPS) is 12.2. The van der Waals surface area contributed by atoms with E-state index in [4.69, 9.17) is 10.2 Å². The lowest BCUT2D eigenvalue weighted by Gasteiger charge is -2.16. The fraction of sp³-hybridized carbons (Fsp3) is 0.462. The monoisotopic (exact) mass is 333 g/mol. The van der Waals surface area contributed by atoms with Crippen LogP contribution in [0.15, 0.2) is 16.6 Å². The van der Waals surface area contributed by atoms with Crippen molar-refractivity contribution in [1.82, 2.24) is 0 Å². The maximum absolute atomic E-state index is 13.9. The highest BCUT2D eigenvalue weighted by Gasteiger charge is 2.16. The molecule has 0 amide bonds. The molecule has 0 aliphatic carbocycles. The van der Waals surface area contributed by atoms with E-state index in [-0.39, 0.29) is 28.2 Å². The molecule has 19 heavy (non-hydrogen) atoms. The Morgan fingerprint density at radius 3 is 2.74 bits per heavy atom. The molecular weight excluding hydrogens is 317 g/mol. The molecule has 0 fully saturated rings. The molecule has 1 atom stereocenters. The topological polar surface area (TPSA) is 69.6 Å². The first-order valence-electron chi connectivity index (χ1n) is 6.07. The van der Waals surface area contributed by atoms with Gasteiger partial charge in [0.1, 0.15) is 0 Å². The predicted molar refractivity (Wildman–Crippen MR) is 75.0 cm³/mol. The molecule has 1 aromatic rings. The number of carbonyl (C=O) groups is 1. The number of benzene rings is 1. The largest absolute Gasteiger partial charge is 0.478 e. The highest BCUT2D eigenvalue weighted by atomic mass is 79.9. The molecule has 0 aromatic heterocycles. The van der Waals surface area contributed by atoms with Gasteiger partial charge in [-0.2, -0.15) is 0 Å². The molecule has 3 N–H and O–H groups in total. The second kappa shape index (κ2) is 7.45. The summed E-state index contributed by atoms with van der Waals surface area (Å²) in [6.45, 7) is 2.64. The van der Waals surface area contributed by atoms with Gasteiger partial charge in [0.05, 0.1) is 15.7 Å². The molecule has 6 heteroatoms. The molecule has 0 spiro atoms. The van der Waals surface area contributed by atoms with Crippen LogP contribution in [0.1, 0.15) is 30.1 Å². The number of carboxylic acids is 1. The summed E-state index contributed by atoms with van der Waals surface area (Å²) >= 11 is 2.95. The highest BCUT2D eigenvalue weighted by molar-refractivity contribution is 9.10. The van der Waals surface area contributed by atoms with E-state index in [0.29, 0.717) is 13.0 Å². The Labute approximate surface area is 119 Å². The fourth-order valence-electron chi connectivity index (χ4n) is 1.74. The number of nitrogens with one attached hydrogen (secondary N) is 1. The average Bonchev–Trinajstić information content (AvgIpc) is 2.38. The fourth-order valence-corrected chi connectivity index (χ4v) is 2.25. The summed E-state index contributed by atoms with van der Waals surface area (Å²) in [4.78, 5) is 10.8. The minimum atomic E-state index is -1.18. The second-order valence-corrected chi connectivity index (χ2v) is 5.05. The van der Waals surface area contributed by atoms with E-state index in [1.165, 1.54) is 12.1 Å². The van der Waals surface area contributed by atoms with Crippen LogP contribution < -0.4 is 5.32 Å². The van der Waals surface area contributed by atoms with Crippen LogP contribution >= 0.6 is 15.9 Å². The van der Waals surface area contributed by atoms with Gasteiger partial charge in [-0.1, -0.05) is 13.3 Å². The molecule has 0 bridgehead atoms. The van der Waals surface area contributed by atoms with Gasteiger partial charge >= 0.3 is 5.97 Å². The van der Waals surface area contributed by atoms with E-state index in [9.17, 15) is 9.18 Å². The number of hydrogen-bond acceptors (Lipinski definition) is 3. The first-order chi connectivity index (χ1) is 9.01. The van der Waals surface area contributed by atoms with Gasteiger partial charge in [-0.25, -0.2) is 9.18 Å². The summed E-state index contributed by atoms with van der Waals surface area (Å²) < 4.78 is 13.9. The van der Waals surface area contributed by atoms with Gasteiger partial charge in [0.25, 0.3) is 0 Å². The quantitative estimate of drug-likeness (QED) is 0.717. The molecule has 0 saturated carbocycles. The number of aromatic carboxylic acids is 1. The van der Waals surface area contributed by atoms with Crippen LogP contribution in [0.4, 0.5) is 10.1 Å². The van der Waals surface area contributed by atoms with E-state index >= 15 is 0 Å². The number of hydrogen-bond donors (Lipinski definition) is 3. The standard InChI is InChI=1S/C13H17BrFNO3/c1-2-8(5-6-17)7-16-10-4-3-9(13(18)19)11(14)12(10)15/h3-4,8,16-17H,2,5-7H2,1H3,(H,18,19). The Morgan fingerprint density at radius 1 is 1.53 bits per heavy atom. The predicted octanol–water partition coefficient (Wildman–Crippen LogP) is 3.11. The van der Waals surface area contributed by atoms with Crippen molar-refractivity contribution in [1.29, 1.82) is 0 Å². The summed E-state index contributed by atoms with van der Waals surface area (Å²) in [6, 6.07) is 2.76. The zero-order valence-electron chi connectivity index (χ0n) is 10.6. The van der Waals surface area contributed by atoms with Crippen LogP contribution in [0.25, 0.3) is 0 Å². The molecule has 1 rings (SSSR count). The number of carboxylic acid groups (broad SMARTS) is 1. The number of aliphatic hydroxyl groups is 1. The van der Waals surface area contributed by atoms with Gasteiger partial charge in [-0.05, 0) is 40.4 Å². The Bertz CT molecular complexity index is 454. The molecule has 0 heterocycles. The van der Waals surface area contributed by atoms with Crippen LogP contribution in [-0.2, 0) is 0 Å². The van der Waals surface area contributed by atoms with E-state index in [1.807, 2.05) is 6.92 Å². The lowest BCUT2D eigenvalue weighted by atomic mass is 10.0. The van der Waals surface area contributed by atoms with Gasteiger partial charge in [0, 0.05) is 13.2 Å². The van der Waals surface area contributed by atoms with Crippen LogP contribution in [0.5, 0.6) is 0 Å². The molecule has 0 aliphatic heterocycles. The van der Waals surface area contributed by atoms with E-state index < -0.39 is 11.8 Å². The van der Waals surface area contributed by atoms with Crippen LogP contribution in [0.3, 0.4) is 0 Å². The lowest BCUT2D eigenvalue weighted by molar-refractivity contribution is 0.0695. The van der Waals surface area contributed by atoms with Crippen molar-refractivity contribution < 1.29 is 19.4 Å². The molecule has 4 nitrogen and oxygen atoms in total. The summed E-state index contributed by atoms with van der Waals surface area (Å²) in [5.74, 6) is -1.54. The zero-order chi connectivity index (χ0) is 14.4. The third-order valence-electron chi connectivity index (χ3n) is 3.01. The lowest BCUT2D eigenvalue weighted by Crippen LogP contribution is -2.16. The van der Waals surface area contributed by atoms with Crippen molar-refractivity contribution in [3.8, 4) is 0 Å². The van der Waals surface area contributed by atoms with Gasteiger partial charge in [-0.15, -0.1) is 0 Å². The van der Waals surface area contributed by atoms with Crippen molar-refractivity contribution in [2.45, 2.75) is 19.8 Å². The Hall–Kier alpha value is -1.14. The van der Waals surface area contributed by atoms with Crippen molar-refractivity contribution in [2.24, 2.45) is 5.92 Å². The number of rotatable bonds is 7. The SMILES string of the molecule is CCC(CCO)CNc1ccc(C(=O)O)c(Br)c1F. The summed E-state index contributed by atoms with van der Waals surface area (Å²) in [6.07, 6.45) is 1.53. The maximum Gasteiger partial charge on any atom is 0.336 e. The summed E-state index contributed by atoms with van der Waals surface area (Å²) in [5, 5.41) is 20.7. The highest BCUT2D eigenvalue weighted by Crippen LogP contribution is 2.27. The second-order valence-electron chi connectivity index (χ2n) is 4.26. The Balaban J connectivity index is 2.80. The van der Waals surface area contributed by atoms with Gasteiger partial charge in [0.15, 0.2) is 5.82 Å². The average molecular weight is 334 g/mol. The van der Waals surface area contributed by atoms with Crippen LogP contribution in [0, 0.1) is 11.7 Å². The van der Waals surface area contributed by atoms with Crippen molar-refractivity contribution >= 4 is 27.6 Å². The number of aliphatic hydroxyl groups excluding tert-OH is 1. The van der Waals surface area contributed by atoms with E-state index in [1.54, 1.807) is 0 Å². The van der Waals surface area contributed by atoms with Gasteiger partial charge in [0.2, 0.25) is 0 Å². The van der Waals surface area contributed by atoms with Gasteiger partial charge < -0.3 is 15.5 Å². The number of halogens is 2. The third kappa shape index (κ3) is 4.18. The molecule has 1 unspecified atom stereocenters. The first kappa shape index (κ1) is 15.9. The summed E-state index contributed by atoms with van der Waals surface area (Å²) in [7, 11) is 0.